The molecular weight excluding hydrogens is 274 g/mol. The van der Waals surface area contributed by atoms with Gasteiger partial charge in [-0.2, -0.15) is 0 Å². The molecule has 0 fully saturated rings. The summed E-state index contributed by atoms with van der Waals surface area (Å²) in [5, 5.41) is 9.99. The lowest BCUT2D eigenvalue weighted by atomic mass is 10.3. The highest BCUT2D eigenvalue weighted by atomic mass is 32.1. The van der Waals surface area contributed by atoms with Crippen molar-refractivity contribution >= 4 is 11.3 Å². The van der Waals surface area contributed by atoms with Crippen LogP contribution in [0, 0.1) is 6.92 Å². The maximum Gasteiger partial charge on any atom is 0.0900 e. The first-order valence-corrected chi connectivity index (χ1v) is 7.60. The molecular formula is C15H25NO3S. The van der Waals surface area contributed by atoms with Gasteiger partial charge in [-0.3, -0.25) is 4.90 Å². The number of aliphatic hydroxyl groups is 1. The van der Waals surface area contributed by atoms with Gasteiger partial charge in [-0.25, -0.2) is 0 Å². The van der Waals surface area contributed by atoms with Crippen molar-refractivity contribution in [2.75, 3.05) is 40.0 Å². The molecule has 114 valence electrons. The lowest BCUT2D eigenvalue weighted by molar-refractivity contribution is 0.0196. The molecule has 1 aromatic heterocycles. The Morgan fingerprint density at radius 2 is 2.30 bits per heavy atom. The van der Waals surface area contributed by atoms with E-state index in [2.05, 4.69) is 30.5 Å². The van der Waals surface area contributed by atoms with Crippen LogP contribution in [0.1, 0.15) is 9.75 Å². The van der Waals surface area contributed by atoms with E-state index in [-0.39, 0.29) is 0 Å². The molecule has 0 bridgehead atoms. The molecule has 0 aliphatic carbocycles. The fourth-order valence-corrected chi connectivity index (χ4v) is 2.82. The van der Waals surface area contributed by atoms with Gasteiger partial charge in [0.2, 0.25) is 0 Å². The SMILES string of the molecule is C=CCOC[C@H](O)CN(CCOC)Cc1ccc(C)s1. The van der Waals surface area contributed by atoms with Crippen LogP contribution >= 0.6 is 11.3 Å². The standard InChI is InChI=1S/C15H25NO3S/c1-4-8-19-12-14(17)10-16(7-9-18-3)11-15-6-5-13(2)20-15/h4-6,14,17H,1,7-12H2,2-3H3/t14-/m1/s1. The van der Waals surface area contributed by atoms with Crippen molar-refractivity contribution in [3.05, 3.63) is 34.5 Å². The summed E-state index contributed by atoms with van der Waals surface area (Å²) in [6, 6.07) is 4.26. The molecule has 0 spiro atoms. The Morgan fingerprint density at radius 1 is 1.50 bits per heavy atom. The van der Waals surface area contributed by atoms with Gasteiger partial charge in [0.25, 0.3) is 0 Å². The Kier molecular flexibility index (Phi) is 8.73. The Bertz CT molecular complexity index is 381. The summed E-state index contributed by atoms with van der Waals surface area (Å²) in [5.41, 5.74) is 0. The van der Waals surface area contributed by atoms with Gasteiger partial charge in [-0.05, 0) is 19.1 Å². The summed E-state index contributed by atoms with van der Waals surface area (Å²) >= 11 is 1.79. The highest BCUT2D eigenvalue weighted by Gasteiger charge is 2.13. The topological polar surface area (TPSA) is 41.9 Å². The number of nitrogens with zero attached hydrogens (tertiary/aromatic N) is 1. The van der Waals surface area contributed by atoms with Crippen LogP contribution in [0.3, 0.4) is 0 Å². The number of methoxy groups -OCH3 is 1. The Hall–Kier alpha value is -0.720. The van der Waals surface area contributed by atoms with E-state index in [4.69, 9.17) is 9.47 Å². The van der Waals surface area contributed by atoms with E-state index < -0.39 is 6.10 Å². The molecule has 0 saturated carbocycles. The van der Waals surface area contributed by atoms with Crippen LogP contribution in [0.25, 0.3) is 0 Å². The highest BCUT2D eigenvalue weighted by molar-refractivity contribution is 7.11. The number of rotatable bonds is 11. The number of ether oxygens (including phenoxy) is 2. The van der Waals surface area contributed by atoms with Crippen molar-refractivity contribution in [2.24, 2.45) is 0 Å². The second-order valence-electron chi connectivity index (χ2n) is 4.72. The lowest BCUT2D eigenvalue weighted by Gasteiger charge is -2.24. The molecule has 4 nitrogen and oxygen atoms in total. The van der Waals surface area contributed by atoms with Gasteiger partial charge in [0.05, 0.1) is 25.9 Å². The summed E-state index contributed by atoms with van der Waals surface area (Å²) in [6.45, 7) is 9.36. The predicted molar refractivity (Wildman–Crippen MR) is 83.2 cm³/mol. The third-order valence-corrected chi connectivity index (χ3v) is 3.79. The maximum absolute atomic E-state index is 9.99. The average molecular weight is 299 g/mol. The van der Waals surface area contributed by atoms with E-state index in [0.29, 0.717) is 26.4 Å². The first-order chi connectivity index (χ1) is 9.65. The molecule has 1 N–H and O–H groups in total. The van der Waals surface area contributed by atoms with Crippen LogP contribution in [0.4, 0.5) is 0 Å². The van der Waals surface area contributed by atoms with Gasteiger partial charge >= 0.3 is 0 Å². The fourth-order valence-electron chi connectivity index (χ4n) is 1.88. The maximum atomic E-state index is 9.99. The summed E-state index contributed by atoms with van der Waals surface area (Å²) in [6.07, 6.45) is 1.19. The average Bonchev–Trinajstić information content (AvgIpc) is 2.81. The molecule has 0 saturated heterocycles. The summed E-state index contributed by atoms with van der Waals surface area (Å²) in [5.74, 6) is 0. The third kappa shape index (κ3) is 7.17. The number of aryl methyl sites for hydroxylation is 1. The smallest absolute Gasteiger partial charge is 0.0900 e. The van der Waals surface area contributed by atoms with E-state index in [1.807, 2.05) is 0 Å². The van der Waals surface area contributed by atoms with E-state index in [1.165, 1.54) is 9.75 Å². The van der Waals surface area contributed by atoms with Crippen molar-refractivity contribution in [1.29, 1.82) is 0 Å². The predicted octanol–water partition coefficient (Wildman–Crippen LogP) is 2.07. The lowest BCUT2D eigenvalue weighted by Crippen LogP contribution is -2.36. The normalized spacial score (nSPS) is 12.8. The highest BCUT2D eigenvalue weighted by Crippen LogP contribution is 2.17. The summed E-state index contributed by atoms with van der Waals surface area (Å²) in [7, 11) is 1.69. The molecule has 0 unspecified atom stereocenters. The van der Waals surface area contributed by atoms with Gasteiger partial charge in [0.1, 0.15) is 0 Å². The van der Waals surface area contributed by atoms with Gasteiger partial charge < -0.3 is 14.6 Å². The number of aliphatic hydroxyl groups excluding tert-OH is 1. The minimum Gasteiger partial charge on any atom is -0.389 e. The molecule has 0 aromatic carbocycles. The van der Waals surface area contributed by atoms with E-state index in [1.54, 1.807) is 24.5 Å². The molecule has 0 radical (unpaired) electrons. The molecule has 1 aromatic rings. The third-order valence-electron chi connectivity index (χ3n) is 2.80. The second-order valence-corrected chi connectivity index (χ2v) is 6.09. The van der Waals surface area contributed by atoms with Gasteiger partial charge in [-0.15, -0.1) is 17.9 Å². The van der Waals surface area contributed by atoms with Gasteiger partial charge in [-0.1, -0.05) is 6.08 Å². The van der Waals surface area contributed by atoms with Crippen LogP contribution in [0.2, 0.25) is 0 Å². The molecule has 1 heterocycles. The van der Waals surface area contributed by atoms with Crippen LogP contribution < -0.4 is 0 Å². The van der Waals surface area contributed by atoms with E-state index >= 15 is 0 Å². The first-order valence-electron chi connectivity index (χ1n) is 6.79. The Labute approximate surface area is 125 Å². The molecule has 1 rings (SSSR count). The Morgan fingerprint density at radius 3 is 2.90 bits per heavy atom. The van der Waals surface area contributed by atoms with Crippen molar-refractivity contribution in [1.82, 2.24) is 4.90 Å². The zero-order valence-corrected chi connectivity index (χ0v) is 13.2. The summed E-state index contributed by atoms with van der Waals surface area (Å²) in [4.78, 5) is 4.80. The van der Waals surface area contributed by atoms with E-state index in [0.717, 1.165) is 13.1 Å². The van der Waals surface area contributed by atoms with Crippen molar-refractivity contribution in [3.8, 4) is 0 Å². The first kappa shape index (κ1) is 17.3. The van der Waals surface area contributed by atoms with Crippen molar-refractivity contribution in [2.45, 2.75) is 19.6 Å². The molecule has 5 heteroatoms. The van der Waals surface area contributed by atoms with E-state index in [9.17, 15) is 5.11 Å². The number of hydrogen-bond acceptors (Lipinski definition) is 5. The van der Waals surface area contributed by atoms with Crippen molar-refractivity contribution in [3.63, 3.8) is 0 Å². The van der Waals surface area contributed by atoms with Gasteiger partial charge in [0, 0.05) is 36.5 Å². The van der Waals surface area contributed by atoms with Crippen LogP contribution in [0.5, 0.6) is 0 Å². The zero-order valence-electron chi connectivity index (χ0n) is 12.4. The number of thiophene rings is 1. The van der Waals surface area contributed by atoms with Crippen LogP contribution in [0.15, 0.2) is 24.8 Å². The number of hydrogen-bond donors (Lipinski definition) is 1. The van der Waals surface area contributed by atoms with Gasteiger partial charge in [0.15, 0.2) is 0 Å². The quantitative estimate of drug-likeness (QED) is 0.502. The fraction of sp³-hybridized carbons (Fsp3) is 0.600. The molecule has 20 heavy (non-hydrogen) atoms. The van der Waals surface area contributed by atoms with Crippen molar-refractivity contribution < 1.29 is 14.6 Å². The van der Waals surface area contributed by atoms with Crippen LogP contribution in [-0.4, -0.2) is 56.1 Å². The second kappa shape index (κ2) is 10.1. The molecule has 0 aliphatic heterocycles. The monoisotopic (exact) mass is 299 g/mol. The molecule has 0 amide bonds. The minimum atomic E-state index is -0.493. The molecule has 1 atom stereocenters. The molecule has 0 aliphatic rings. The van der Waals surface area contributed by atoms with Crippen LogP contribution in [-0.2, 0) is 16.0 Å². The zero-order chi connectivity index (χ0) is 14.8. The largest absolute Gasteiger partial charge is 0.389 e. The minimum absolute atomic E-state index is 0.332. The summed E-state index contributed by atoms with van der Waals surface area (Å²) < 4.78 is 10.4. The Balaban J connectivity index is 2.43.